The van der Waals surface area contributed by atoms with Crippen LogP contribution in [0.3, 0.4) is 0 Å². The van der Waals surface area contributed by atoms with E-state index >= 15 is 0 Å². The number of hydrogen-bond acceptors (Lipinski definition) is 2. The second-order valence-corrected chi connectivity index (χ2v) is 3.61. The van der Waals surface area contributed by atoms with Crippen LogP contribution in [0.5, 0.6) is 0 Å². The first-order valence-electron chi connectivity index (χ1n) is 5.48. The number of nitrogens with one attached hydrogen (secondary N) is 1. The number of rotatable bonds is 6. The van der Waals surface area contributed by atoms with Crippen LogP contribution in [0.4, 0.5) is 4.39 Å². The summed E-state index contributed by atoms with van der Waals surface area (Å²) in [6, 6.07) is 5.52. The van der Waals surface area contributed by atoms with Gasteiger partial charge in [0, 0.05) is 12.1 Å². The first kappa shape index (κ1) is 12.6. The molecular formula is C12H17FN2O. The standard InChI is InChI=1S/C12H17FN2O/c13-11-6-4-10(5-7-11)12(16)15-9-3-1-2-8-14/h4-7H,1-3,8-9,14H2,(H,15,16). The Morgan fingerprint density at radius 3 is 2.50 bits per heavy atom. The van der Waals surface area contributed by atoms with Crippen LogP contribution in [0.15, 0.2) is 24.3 Å². The molecule has 0 radical (unpaired) electrons. The number of halogens is 1. The molecule has 3 N–H and O–H groups in total. The average Bonchev–Trinajstić information content (AvgIpc) is 2.29. The zero-order valence-corrected chi connectivity index (χ0v) is 9.21. The fraction of sp³-hybridized carbons (Fsp3) is 0.417. The average molecular weight is 224 g/mol. The van der Waals surface area contributed by atoms with Crippen molar-refractivity contribution in [3.63, 3.8) is 0 Å². The van der Waals surface area contributed by atoms with E-state index in [1.165, 1.54) is 24.3 Å². The van der Waals surface area contributed by atoms with Gasteiger partial charge in [-0.2, -0.15) is 0 Å². The van der Waals surface area contributed by atoms with E-state index in [0.29, 0.717) is 18.7 Å². The minimum Gasteiger partial charge on any atom is -0.352 e. The molecule has 0 aliphatic heterocycles. The maximum absolute atomic E-state index is 12.6. The molecule has 0 unspecified atom stereocenters. The summed E-state index contributed by atoms with van der Waals surface area (Å²) in [6.45, 7) is 1.32. The summed E-state index contributed by atoms with van der Waals surface area (Å²) in [5.74, 6) is -0.493. The summed E-state index contributed by atoms with van der Waals surface area (Å²) < 4.78 is 12.6. The van der Waals surface area contributed by atoms with E-state index < -0.39 is 0 Å². The van der Waals surface area contributed by atoms with Crippen molar-refractivity contribution in [1.29, 1.82) is 0 Å². The molecule has 1 amide bonds. The Hall–Kier alpha value is -1.42. The van der Waals surface area contributed by atoms with Gasteiger partial charge in [0.15, 0.2) is 0 Å². The van der Waals surface area contributed by atoms with Crippen LogP contribution in [-0.4, -0.2) is 19.0 Å². The van der Waals surface area contributed by atoms with Gasteiger partial charge in [0.2, 0.25) is 0 Å². The first-order valence-corrected chi connectivity index (χ1v) is 5.48. The zero-order chi connectivity index (χ0) is 11.8. The molecule has 3 nitrogen and oxygen atoms in total. The molecule has 0 aromatic heterocycles. The number of nitrogens with two attached hydrogens (primary N) is 1. The van der Waals surface area contributed by atoms with Gasteiger partial charge in [-0.1, -0.05) is 6.42 Å². The number of hydrogen-bond donors (Lipinski definition) is 2. The van der Waals surface area contributed by atoms with Gasteiger partial charge in [-0.05, 0) is 43.7 Å². The highest BCUT2D eigenvalue weighted by atomic mass is 19.1. The minimum atomic E-state index is -0.334. The van der Waals surface area contributed by atoms with Gasteiger partial charge in [-0.25, -0.2) is 4.39 Å². The number of carbonyl (C=O) groups excluding carboxylic acids is 1. The Labute approximate surface area is 94.8 Å². The molecule has 0 spiro atoms. The van der Waals surface area contributed by atoms with Crippen LogP contribution < -0.4 is 11.1 Å². The summed E-state index contributed by atoms with van der Waals surface area (Å²) in [7, 11) is 0. The number of amides is 1. The Kier molecular flexibility index (Phi) is 5.50. The summed E-state index contributed by atoms with van der Waals surface area (Å²) in [4.78, 5) is 11.5. The van der Waals surface area contributed by atoms with Crippen LogP contribution in [0, 0.1) is 5.82 Å². The molecule has 88 valence electrons. The van der Waals surface area contributed by atoms with Crippen molar-refractivity contribution in [2.45, 2.75) is 19.3 Å². The second kappa shape index (κ2) is 6.95. The highest BCUT2D eigenvalue weighted by Gasteiger charge is 2.03. The maximum atomic E-state index is 12.6. The van der Waals surface area contributed by atoms with Crippen molar-refractivity contribution < 1.29 is 9.18 Å². The highest BCUT2D eigenvalue weighted by molar-refractivity contribution is 5.94. The molecule has 0 saturated heterocycles. The first-order chi connectivity index (χ1) is 7.74. The van der Waals surface area contributed by atoms with Gasteiger partial charge < -0.3 is 11.1 Å². The molecule has 0 bridgehead atoms. The van der Waals surface area contributed by atoms with E-state index in [-0.39, 0.29) is 11.7 Å². The number of carbonyl (C=O) groups is 1. The maximum Gasteiger partial charge on any atom is 0.251 e. The molecule has 0 saturated carbocycles. The molecule has 0 fully saturated rings. The Morgan fingerprint density at radius 2 is 1.88 bits per heavy atom. The van der Waals surface area contributed by atoms with Crippen molar-refractivity contribution in [3.05, 3.63) is 35.6 Å². The molecule has 1 aromatic rings. The van der Waals surface area contributed by atoms with Gasteiger partial charge in [-0.3, -0.25) is 4.79 Å². The predicted molar refractivity (Wildman–Crippen MR) is 61.6 cm³/mol. The third kappa shape index (κ3) is 4.40. The lowest BCUT2D eigenvalue weighted by atomic mass is 10.2. The molecule has 16 heavy (non-hydrogen) atoms. The van der Waals surface area contributed by atoms with E-state index in [0.717, 1.165) is 19.3 Å². The number of unbranched alkanes of at least 4 members (excludes halogenated alkanes) is 2. The molecule has 0 atom stereocenters. The molecule has 0 heterocycles. The topological polar surface area (TPSA) is 55.1 Å². The predicted octanol–water partition coefficient (Wildman–Crippen LogP) is 1.68. The van der Waals surface area contributed by atoms with Gasteiger partial charge >= 0.3 is 0 Å². The van der Waals surface area contributed by atoms with Crippen LogP contribution in [0.2, 0.25) is 0 Å². The largest absolute Gasteiger partial charge is 0.352 e. The van der Waals surface area contributed by atoms with E-state index in [2.05, 4.69) is 5.32 Å². The van der Waals surface area contributed by atoms with Crippen molar-refractivity contribution in [2.75, 3.05) is 13.1 Å². The third-order valence-electron chi connectivity index (χ3n) is 2.27. The summed E-state index contributed by atoms with van der Waals surface area (Å²) in [5, 5.41) is 2.78. The lowest BCUT2D eigenvalue weighted by Crippen LogP contribution is -2.24. The molecule has 0 aliphatic rings. The Morgan fingerprint density at radius 1 is 1.19 bits per heavy atom. The van der Waals surface area contributed by atoms with E-state index in [4.69, 9.17) is 5.73 Å². The van der Waals surface area contributed by atoms with Crippen molar-refractivity contribution in [1.82, 2.24) is 5.32 Å². The number of benzene rings is 1. The van der Waals surface area contributed by atoms with Gasteiger partial charge in [0.25, 0.3) is 5.91 Å². The fourth-order valence-corrected chi connectivity index (χ4v) is 1.35. The molecule has 0 aliphatic carbocycles. The lowest BCUT2D eigenvalue weighted by molar-refractivity contribution is 0.0953. The smallest absolute Gasteiger partial charge is 0.251 e. The molecule has 4 heteroatoms. The lowest BCUT2D eigenvalue weighted by Gasteiger charge is -2.04. The van der Waals surface area contributed by atoms with E-state index in [1.54, 1.807) is 0 Å². The molecule has 1 aromatic carbocycles. The van der Waals surface area contributed by atoms with Crippen molar-refractivity contribution >= 4 is 5.91 Å². The van der Waals surface area contributed by atoms with Crippen LogP contribution in [-0.2, 0) is 0 Å². The van der Waals surface area contributed by atoms with Crippen LogP contribution in [0.25, 0.3) is 0 Å². The van der Waals surface area contributed by atoms with Gasteiger partial charge in [-0.15, -0.1) is 0 Å². The van der Waals surface area contributed by atoms with Gasteiger partial charge in [0.1, 0.15) is 5.82 Å². The summed E-state index contributed by atoms with van der Waals surface area (Å²) >= 11 is 0. The Balaban J connectivity index is 2.27. The normalized spacial score (nSPS) is 10.1. The molecular weight excluding hydrogens is 207 g/mol. The summed E-state index contributed by atoms with van der Waals surface area (Å²) in [6.07, 6.45) is 2.91. The fourth-order valence-electron chi connectivity index (χ4n) is 1.35. The minimum absolute atomic E-state index is 0.159. The monoisotopic (exact) mass is 224 g/mol. The SMILES string of the molecule is NCCCCCNC(=O)c1ccc(F)cc1. The Bertz CT molecular complexity index is 324. The van der Waals surface area contributed by atoms with Crippen molar-refractivity contribution in [2.24, 2.45) is 5.73 Å². The van der Waals surface area contributed by atoms with E-state index in [1.807, 2.05) is 0 Å². The quantitative estimate of drug-likeness (QED) is 0.722. The van der Waals surface area contributed by atoms with Crippen LogP contribution >= 0.6 is 0 Å². The van der Waals surface area contributed by atoms with Gasteiger partial charge in [0.05, 0.1) is 0 Å². The second-order valence-electron chi connectivity index (χ2n) is 3.61. The molecule has 1 rings (SSSR count). The van der Waals surface area contributed by atoms with Crippen molar-refractivity contribution in [3.8, 4) is 0 Å². The van der Waals surface area contributed by atoms with Crippen LogP contribution in [0.1, 0.15) is 29.6 Å². The third-order valence-corrected chi connectivity index (χ3v) is 2.27. The highest BCUT2D eigenvalue weighted by Crippen LogP contribution is 2.02. The summed E-state index contributed by atoms with van der Waals surface area (Å²) in [5.41, 5.74) is 5.84. The zero-order valence-electron chi connectivity index (χ0n) is 9.21. The van der Waals surface area contributed by atoms with E-state index in [9.17, 15) is 9.18 Å².